The van der Waals surface area contributed by atoms with Gasteiger partial charge in [-0.1, -0.05) is 55.4 Å². The summed E-state index contributed by atoms with van der Waals surface area (Å²) < 4.78 is 2.74. The second kappa shape index (κ2) is 18.5. The number of allylic oxidation sites excluding steroid dienone is 2. The van der Waals surface area contributed by atoms with Crippen LogP contribution in [0, 0.1) is 54.4 Å². The van der Waals surface area contributed by atoms with Gasteiger partial charge in [0.25, 0.3) is 0 Å². The molecular weight excluding hydrogens is 910 g/mol. The smallest absolute Gasteiger partial charge is 0 e. The van der Waals surface area contributed by atoms with Crippen LogP contribution in [0.2, 0.25) is 0 Å². The molecular formula is C47H62IrN3O2Se-. The minimum absolute atomic E-state index is 0. The largest absolute Gasteiger partial charge is 0 e. The molecule has 0 unspecified atom stereocenters. The fraction of sp³-hybridized carbons (Fsp3) is 0.532. The number of carbonyl (C=O) groups excluding carboxylic acids is 1. The molecule has 0 aliphatic heterocycles. The number of nitrogens with zero attached hydrogens (tertiary/aromatic N) is 3. The number of pyridine rings is 1. The van der Waals surface area contributed by atoms with Crippen LogP contribution in [0.25, 0.3) is 41.6 Å². The van der Waals surface area contributed by atoms with Gasteiger partial charge in [0.15, 0.2) is 5.78 Å². The molecule has 1 saturated carbocycles. The summed E-state index contributed by atoms with van der Waals surface area (Å²) in [6.07, 6.45) is 10.0. The first kappa shape index (κ1) is 44.0. The van der Waals surface area contributed by atoms with E-state index in [0.29, 0.717) is 23.7 Å². The van der Waals surface area contributed by atoms with Crippen molar-refractivity contribution in [2.24, 2.45) is 41.4 Å². The zero-order valence-electron chi connectivity index (χ0n) is 34.6. The van der Waals surface area contributed by atoms with Gasteiger partial charge in [0, 0.05) is 38.0 Å². The van der Waals surface area contributed by atoms with Gasteiger partial charge in [-0.15, -0.1) is 0 Å². The molecule has 0 saturated heterocycles. The summed E-state index contributed by atoms with van der Waals surface area (Å²) in [5.41, 5.74) is 8.00. The molecule has 5 aromatic rings. The SMILES string of the molecule is CC(C)C(C(=O)/C=C(\O)C(C(C)C)C(C)C)C(C)C.Cc1ccc2[c-]c(-c3ncnc4c3[se]c3cc(CC5CCCC5)ccc34)cc(C(C)(C)C)c2n1.[Ir]. The first-order chi connectivity index (χ1) is 25.0. The summed E-state index contributed by atoms with van der Waals surface area (Å²) in [4.78, 5) is 26.8. The summed E-state index contributed by atoms with van der Waals surface area (Å²) in [6, 6.07) is 17.2. The predicted molar refractivity (Wildman–Crippen MR) is 225 cm³/mol. The second-order valence-corrected chi connectivity index (χ2v) is 20.1. The third kappa shape index (κ3) is 10.2. The van der Waals surface area contributed by atoms with Gasteiger partial charge in [-0.25, -0.2) is 0 Å². The van der Waals surface area contributed by atoms with Crippen LogP contribution < -0.4 is 0 Å². The zero-order chi connectivity index (χ0) is 38.8. The topological polar surface area (TPSA) is 76.0 Å². The Morgan fingerprint density at radius 3 is 2.11 bits per heavy atom. The van der Waals surface area contributed by atoms with Crippen LogP contribution in [-0.4, -0.2) is 40.3 Å². The number of aliphatic hydroxyl groups excluding tert-OH is 1. The zero-order valence-corrected chi connectivity index (χ0v) is 38.7. The molecule has 6 rings (SSSR count). The fourth-order valence-electron chi connectivity index (χ4n) is 8.66. The Kier molecular flexibility index (Phi) is 15.1. The fourth-order valence-corrected chi connectivity index (χ4v) is 11.2. The van der Waals surface area contributed by atoms with Crippen molar-refractivity contribution in [2.45, 2.75) is 121 Å². The molecule has 0 bridgehead atoms. The molecule has 7 heteroatoms. The Morgan fingerprint density at radius 2 is 1.52 bits per heavy atom. The number of ketones is 1. The van der Waals surface area contributed by atoms with Gasteiger partial charge in [-0.05, 0) is 23.7 Å². The van der Waals surface area contributed by atoms with Crippen molar-refractivity contribution >= 4 is 50.6 Å². The van der Waals surface area contributed by atoms with Crippen LogP contribution in [0.1, 0.15) is 119 Å². The minimum Gasteiger partial charge on any atom is 0 e. The Balaban J connectivity index is 0.000000281. The molecule has 5 nitrogen and oxygen atoms in total. The van der Waals surface area contributed by atoms with Gasteiger partial charge in [-0.2, -0.15) is 0 Å². The van der Waals surface area contributed by atoms with Gasteiger partial charge >= 0.3 is 208 Å². The molecule has 0 amide bonds. The van der Waals surface area contributed by atoms with Gasteiger partial charge in [0.2, 0.25) is 0 Å². The van der Waals surface area contributed by atoms with Gasteiger partial charge in [0.1, 0.15) is 0 Å². The van der Waals surface area contributed by atoms with Crippen molar-refractivity contribution < 1.29 is 30.0 Å². The third-order valence-corrected chi connectivity index (χ3v) is 13.5. The Hall–Kier alpha value is -2.69. The van der Waals surface area contributed by atoms with Crippen molar-refractivity contribution in [2.75, 3.05) is 0 Å². The summed E-state index contributed by atoms with van der Waals surface area (Å²) in [5, 5.41) is 12.6. The van der Waals surface area contributed by atoms with E-state index in [1.165, 1.54) is 63.2 Å². The van der Waals surface area contributed by atoms with Crippen molar-refractivity contribution in [1.29, 1.82) is 0 Å². The van der Waals surface area contributed by atoms with Crippen LogP contribution in [0.5, 0.6) is 0 Å². The first-order valence-corrected chi connectivity index (χ1v) is 21.6. The van der Waals surface area contributed by atoms with Gasteiger partial charge in [-0.3, -0.25) is 4.79 Å². The summed E-state index contributed by atoms with van der Waals surface area (Å²) in [7, 11) is 0. The van der Waals surface area contributed by atoms with Gasteiger partial charge in [0.05, 0.1) is 5.76 Å². The maximum Gasteiger partial charge on any atom is 0 e. The van der Waals surface area contributed by atoms with Crippen LogP contribution in [0.15, 0.2) is 54.6 Å². The van der Waals surface area contributed by atoms with Crippen molar-refractivity contribution in [3.8, 4) is 11.3 Å². The quantitative estimate of drug-likeness (QED) is 0.0653. The van der Waals surface area contributed by atoms with E-state index in [-0.39, 0.29) is 63.4 Å². The maximum absolute atomic E-state index is 12.3. The van der Waals surface area contributed by atoms with Crippen LogP contribution in [0.3, 0.4) is 0 Å². The average molecular weight is 972 g/mol. The molecule has 1 aliphatic rings. The Labute approximate surface area is 344 Å². The minimum atomic E-state index is -0.0255. The molecule has 1 N–H and O–H groups in total. The molecule has 0 atom stereocenters. The molecule has 2 aromatic carbocycles. The summed E-state index contributed by atoms with van der Waals surface area (Å²) in [6.45, 7) is 25.4. The second-order valence-electron chi connectivity index (χ2n) is 17.9. The number of hydrogen-bond acceptors (Lipinski definition) is 5. The average Bonchev–Trinajstić information content (AvgIpc) is 3.70. The molecule has 3 heterocycles. The maximum atomic E-state index is 12.3. The van der Waals surface area contributed by atoms with Gasteiger partial charge < -0.3 is 5.11 Å². The Morgan fingerprint density at radius 1 is 0.889 bits per heavy atom. The van der Waals surface area contributed by atoms with Crippen LogP contribution in [0.4, 0.5) is 0 Å². The van der Waals surface area contributed by atoms with E-state index in [0.717, 1.165) is 39.3 Å². The van der Waals surface area contributed by atoms with Crippen molar-refractivity contribution in [1.82, 2.24) is 15.0 Å². The Bertz CT molecular complexity index is 2070. The monoisotopic (exact) mass is 973 g/mol. The molecule has 0 spiro atoms. The van der Waals surface area contributed by atoms with E-state index in [1.807, 2.05) is 0 Å². The number of rotatable bonds is 10. The van der Waals surface area contributed by atoms with E-state index in [9.17, 15) is 9.90 Å². The number of hydrogen-bond donors (Lipinski definition) is 1. The van der Waals surface area contributed by atoms with E-state index in [2.05, 4.69) is 126 Å². The number of benzene rings is 2. The van der Waals surface area contributed by atoms with Crippen molar-refractivity contribution in [3.05, 3.63) is 77.4 Å². The number of fused-ring (bicyclic) bond motifs is 4. The molecule has 1 fully saturated rings. The van der Waals surface area contributed by atoms with Crippen LogP contribution in [-0.2, 0) is 36.7 Å². The van der Waals surface area contributed by atoms with E-state index < -0.39 is 0 Å². The number of aliphatic hydroxyl groups is 1. The van der Waals surface area contributed by atoms with E-state index in [1.54, 1.807) is 6.33 Å². The summed E-state index contributed by atoms with van der Waals surface area (Å²) in [5.74, 6) is 2.49. The summed E-state index contributed by atoms with van der Waals surface area (Å²) >= 11 is 0.198. The van der Waals surface area contributed by atoms with E-state index in [4.69, 9.17) is 15.0 Å². The molecule has 54 heavy (non-hydrogen) atoms. The first-order valence-electron chi connectivity index (χ1n) is 19.9. The number of aromatic nitrogens is 3. The predicted octanol–water partition coefficient (Wildman–Crippen LogP) is 12.0. The third-order valence-electron chi connectivity index (χ3n) is 11.1. The molecule has 293 valence electrons. The molecule has 1 radical (unpaired) electrons. The molecule has 1 aliphatic carbocycles. The normalized spacial score (nSPS) is 14.4. The van der Waals surface area contributed by atoms with Crippen molar-refractivity contribution in [3.63, 3.8) is 0 Å². The molecule has 3 aromatic heterocycles. The van der Waals surface area contributed by atoms with Crippen LogP contribution >= 0.6 is 0 Å². The standard InChI is InChI=1S/C30H30N3Se.C17H32O2.Ir/c1-18-9-11-21-15-22(16-24(26(21)33-18)30(2,3)4)27-29-28(32-17-31-27)23-12-10-20(14-25(23)34-29)13-19-7-5-6-8-19;1-10(2)16(11(3)4)14(18)9-15(19)17(12(5)6)13(7)8;/h9-12,14,16-17,19H,5-8,13H2,1-4H3;9-13,16-18H,1-8H3;/q-1;;/b;14-9-;. The van der Waals surface area contributed by atoms with E-state index >= 15 is 0 Å². The number of carbonyl (C=O) groups is 1. The number of aryl methyl sites for hydroxylation is 1.